The summed E-state index contributed by atoms with van der Waals surface area (Å²) < 4.78 is 13.3. The normalized spacial score (nSPS) is 22.8. The Morgan fingerprint density at radius 3 is 2.57 bits per heavy atom. The van der Waals surface area contributed by atoms with E-state index < -0.39 is 22.3 Å². The number of carbonyl (C=O) groups is 1. The first-order valence-electron chi connectivity index (χ1n) is 6.93. The molecule has 1 amide bonds. The number of hydrogen-bond donors (Lipinski definition) is 1. The molecule has 1 aromatic rings. The maximum Gasteiger partial charge on any atom is 0.282 e. The van der Waals surface area contributed by atoms with Crippen molar-refractivity contribution in [3.8, 4) is 0 Å². The number of rotatable bonds is 3. The van der Waals surface area contributed by atoms with Crippen LogP contribution in [-0.2, 0) is 0 Å². The van der Waals surface area contributed by atoms with Crippen LogP contribution < -0.4 is 5.43 Å². The Hall–Kier alpha value is -2.02. The highest BCUT2D eigenvalue weighted by molar-refractivity contribution is 5.97. The molecule has 2 atom stereocenters. The van der Waals surface area contributed by atoms with E-state index in [1.807, 2.05) is 13.8 Å². The Labute approximate surface area is 122 Å². The molecule has 1 aromatic carbocycles. The van der Waals surface area contributed by atoms with Crippen molar-refractivity contribution >= 4 is 11.6 Å². The van der Waals surface area contributed by atoms with E-state index in [2.05, 4.69) is 5.43 Å². The minimum atomic E-state index is -0.683. The lowest BCUT2D eigenvalue weighted by Gasteiger charge is -2.38. The summed E-state index contributed by atoms with van der Waals surface area (Å²) in [6, 6.07) is 3.16. The lowest BCUT2D eigenvalue weighted by Crippen LogP contribution is -2.54. The molecule has 1 heterocycles. The summed E-state index contributed by atoms with van der Waals surface area (Å²) in [4.78, 5) is 22.5. The molecule has 114 valence electrons. The molecule has 2 rings (SSSR count). The van der Waals surface area contributed by atoms with E-state index in [4.69, 9.17) is 0 Å². The minimum absolute atomic E-state index is 0.144. The third kappa shape index (κ3) is 3.36. The first kappa shape index (κ1) is 15.4. The Balaban J connectivity index is 2.24. The van der Waals surface area contributed by atoms with Gasteiger partial charge in [0.05, 0.1) is 4.92 Å². The van der Waals surface area contributed by atoms with Gasteiger partial charge in [0.15, 0.2) is 0 Å². The Kier molecular flexibility index (Phi) is 4.52. The smallest absolute Gasteiger partial charge is 0.282 e. The zero-order valence-electron chi connectivity index (χ0n) is 12.0. The SMILES string of the molecule is CC1CCCC(C)N1NC(=O)c1cc(F)ccc1[N+](=O)[O-]. The number of benzene rings is 1. The summed E-state index contributed by atoms with van der Waals surface area (Å²) in [5, 5.41) is 12.7. The van der Waals surface area contributed by atoms with Gasteiger partial charge in [0.2, 0.25) is 0 Å². The fourth-order valence-electron chi connectivity index (χ4n) is 2.67. The molecule has 0 aliphatic carbocycles. The number of nitro groups is 1. The molecule has 2 unspecified atom stereocenters. The average molecular weight is 295 g/mol. The summed E-state index contributed by atoms with van der Waals surface area (Å²) in [5.74, 6) is -1.33. The summed E-state index contributed by atoms with van der Waals surface area (Å²) in [6.07, 6.45) is 2.96. The summed E-state index contributed by atoms with van der Waals surface area (Å²) in [7, 11) is 0. The number of carbonyl (C=O) groups excluding carboxylic acids is 1. The molecule has 0 spiro atoms. The second-order valence-corrected chi connectivity index (χ2v) is 5.40. The van der Waals surface area contributed by atoms with Crippen LogP contribution in [0.1, 0.15) is 43.5 Å². The van der Waals surface area contributed by atoms with Crippen LogP contribution >= 0.6 is 0 Å². The number of halogens is 1. The minimum Gasteiger partial charge on any atom is -0.284 e. The number of nitrogens with zero attached hydrogens (tertiary/aromatic N) is 2. The van der Waals surface area contributed by atoms with Gasteiger partial charge in [0.25, 0.3) is 11.6 Å². The van der Waals surface area contributed by atoms with Crippen LogP contribution in [0.5, 0.6) is 0 Å². The van der Waals surface area contributed by atoms with E-state index in [1.54, 1.807) is 5.01 Å². The second-order valence-electron chi connectivity index (χ2n) is 5.40. The molecule has 1 fully saturated rings. The highest BCUT2D eigenvalue weighted by atomic mass is 19.1. The van der Waals surface area contributed by atoms with Gasteiger partial charge in [0, 0.05) is 18.2 Å². The van der Waals surface area contributed by atoms with Crippen LogP contribution in [0.15, 0.2) is 18.2 Å². The zero-order chi connectivity index (χ0) is 15.6. The van der Waals surface area contributed by atoms with Crippen molar-refractivity contribution in [1.82, 2.24) is 10.4 Å². The van der Waals surface area contributed by atoms with Crippen molar-refractivity contribution in [3.05, 3.63) is 39.7 Å². The van der Waals surface area contributed by atoms with Crippen molar-refractivity contribution in [2.75, 3.05) is 0 Å². The van der Waals surface area contributed by atoms with E-state index in [1.165, 1.54) is 0 Å². The average Bonchev–Trinajstić information content (AvgIpc) is 2.42. The molecule has 0 radical (unpaired) electrons. The number of hydrazine groups is 1. The Morgan fingerprint density at radius 1 is 1.38 bits per heavy atom. The van der Waals surface area contributed by atoms with Crippen LogP contribution in [0.4, 0.5) is 10.1 Å². The molecule has 1 aliphatic rings. The fourth-order valence-corrected chi connectivity index (χ4v) is 2.67. The molecule has 7 heteroatoms. The van der Waals surface area contributed by atoms with Gasteiger partial charge in [-0.2, -0.15) is 0 Å². The van der Waals surface area contributed by atoms with Gasteiger partial charge >= 0.3 is 0 Å². The fraction of sp³-hybridized carbons (Fsp3) is 0.500. The second kappa shape index (κ2) is 6.17. The standard InChI is InChI=1S/C14H18FN3O3/c1-9-4-3-5-10(2)17(9)16-14(19)12-8-11(15)6-7-13(12)18(20)21/h6-10H,3-5H2,1-2H3,(H,16,19). The Morgan fingerprint density at radius 2 is 2.00 bits per heavy atom. The maximum absolute atomic E-state index is 13.3. The van der Waals surface area contributed by atoms with Crippen LogP contribution in [0, 0.1) is 15.9 Å². The number of nitrogens with one attached hydrogen (secondary N) is 1. The summed E-state index contributed by atoms with van der Waals surface area (Å²) in [5.41, 5.74) is 2.02. The highest BCUT2D eigenvalue weighted by Crippen LogP contribution is 2.23. The van der Waals surface area contributed by atoms with E-state index in [0.29, 0.717) is 0 Å². The molecule has 21 heavy (non-hydrogen) atoms. The molecule has 1 aliphatic heterocycles. The molecule has 1 saturated heterocycles. The van der Waals surface area contributed by atoms with Gasteiger partial charge in [0.1, 0.15) is 11.4 Å². The third-order valence-electron chi connectivity index (χ3n) is 3.82. The number of nitro benzene ring substituents is 1. The first-order valence-corrected chi connectivity index (χ1v) is 6.93. The van der Waals surface area contributed by atoms with E-state index in [0.717, 1.165) is 37.5 Å². The van der Waals surface area contributed by atoms with Crippen molar-refractivity contribution in [3.63, 3.8) is 0 Å². The molecular weight excluding hydrogens is 277 g/mol. The molecular formula is C14H18FN3O3. The van der Waals surface area contributed by atoms with Crippen molar-refractivity contribution in [2.45, 2.75) is 45.2 Å². The van der Waals surface area contributed by atoms with Gasteiger partial charge in [-0.3, -0.25) is 20.3 Å². The van der Waals surface area contributed by atoms with Crippen LogP contribution in [0.3, 0.4) is 0 Å². The summed E-state index contributed by atoms with van der Waals surface area (Å²) >= 11 is 0. The monoisotopic (exact) mass is 295 g/mol. The van der Waals surface area contributed by atoms with Crippen molar-refractivity contribution < 1.29 is 14.1 Å². The number of piperidine rings is 1. The van der Waals surface area contributed by atoms with Gasteiger partial charge < -0.3 is 0 Å². The molecule has 1 N–H and O–H groups in total. The topological polar surface area (TPSA) is 75.5 Å². The molecule has 0 saturated carbocycles. The molecule has 0 bridgehead atoms. The Bertz CT molecular complexity index is 554. The van der Waals surface area contributed by atoms with Crippen molar-refractivity contribution in [1.29, 1.82) is 0 Å². The summed E-state index contributed by atoms with van der Waals surface area (Å²) in [6.45, 7) is 3.96. The quantitative estimate of drug-likeness (QED) is 0.687. The molecule has 6 nitrogen and oxygen atoms in total. The molecule has 0 aromatic heterocycles. The van der Waals surface area contributed by atoms with Crippen LogP contribution in [0.2, 0.25) is 0 Å². The van der Waals surface area contributed by atoms with Crippen LogP contribution in [0.25, 0.3) is 0 Å². The maximum atomic E-state index is 13.3. The van der Waals surface area contributed by atoms with E-state index in [-0.39, 0.29) is 17.6 Å². The number of hydrogen-bond acceptors (Lipinski definition) is 4. The van der Waals surface area contributed by atoms with E-state index >= 15 is 0 Å². The van der Waals surface area contributed by atoms with Gasteiger partial charge in [-0.05, 0) is 38.8 Å². The lowest BCUT2D eigenvalue weighted by atomic mass is 10.00. The number of amides is 1. The van der Waals surface area contributed by atoms with E-state index in [9.17, 15) is 19.3 Å². The zero-order valence-corrected chi connectivity index (χ0v) is 12.0. The lowest BCUT2D eigenvalue weighted by molar-refractivity contribution is -0.385. The van der Waals surface area contributed by atoms with Gasteiger partial charge in [-0.25, -0.2) is 9.40 Å². The first-order chi connectivity index (χ1) is 9.90. The van der Waals surface area contributed by atoms with Crippen molar-refractivity contribution in [2.24, 2.45) is 0 Å². The van der Waals surface area contributed by atoms with Crippen LogP contribution in [-0.4, -0.2) is 27.9 Å². The highest BCUT2D eigenvalue weighted by Gasteiger charge is 2.29. The third-order valence-corrected chi connectivity index (χ3v) is 3.82. The van der Waals surface area contributed by atoms with Gasteiger partial charge in [-0.1, -0.05) is 6.42 Å². The predicted molar refractivity (Wildman–Crippen MR) is 75.1 cm³/mol. The largest absolute Gasteiger partial charge is 0.284 e. The predicted octanol–water partition coefficient (Wildman–Crippen LogP) is 2.64. The van der Waals surface area contributed by atoms with Gasteiger partial charge in [-0.15, -0.1) is 0 Å².